The Morgan fingerprint density at radius 3 is 2.68 bits per heavy atom. The fourth-order valence-electron chi connectivity index (χ4n) is 4.22. The second-order valence-corrected chi connectivity index (χ2v) is 8.82. The van der Waals surface area contributed by atoms with E-state index in [1.54, 1.807) is 6.33 Å². The first-order chi connectivity index (χ1) is 16.5. The van der Waals surface area contributed by atoms with E-state index >= 15 is 0 Å². The second-order valence-electron chi connectivity index (χ2n) is 8.82. The molecule has 176 valence electrons. The number of nitrogens with zero attached hydrogens (tertiary/aromatic N) is 4. The van der Waals surface area contributed by atoms with Crippen LogP contribution in [0.25, 0.3) is 10.9 Å². The number of piperidine rings is 1. The Balaban J connectivity index is 1.35. The molecule has 2 aromatic carbocycles. The third-order valence-corrected chi connectivity index (χ3v) is 6.07. The second kappa shape index (κ2) is 9.69. The van der Waals surface area contributed by atoms with Gasteiger partial charge in [0.15, 0.2) is 0 Å². The molecule has 1 N–H and O–H groups in total. The van der Waals surface area contributed by atoms with Gasteiger partial charge in [-0.1, -0.05) is 11.2 Å². The number of aryl methyl sites for hydroxylation is 2. The van der Waals surface area contributed by atoms with Gasteiger partial charge >= 0.3 is 0 Å². The molecule has 8 nitrogen and oxygen atoms in total. The minimum absolute atomic E-state index is 0.196. The van der Waals surface area contributed by atoms with Gasteiger partial charge in [0.1, 0.15) is 47.8 Å². The Morgan fingerprint density at radius 2 is 1.91 bits per heavy atom. The summed E-state index contributed by atoms with van der Waals surface area (Å²) in [6.45, 7) is 6.33. The first-order valence-electron chi connectivity index (χ1n) is 11.6. The molecule has 0 unspecified atom stereocenters. The van der Waals surface area contributed by atoms with Crippen molar-refractivity contribution in [2.24, 2.45) is 0 Å². The number of nitrogens with one attached hydrogen (secondary N) is 1. The molecule has 2 aromatic heterocycles. The molecule has 0 amide bonds. The van der Waals surface area contributed by atoms with Gasteiger partial charge in [-0.2, -0.15) is 0 Å². The fraction of sp³-hybridized carbons (Fsp3) is 0.346. The molecule has 1 aliphatic heterocycles. The van der Waals surface area contributed by atoms with E-state index in [2.05, 4.69) is 32.4 Å². The van der Waals surface area contributed by atoms with Crippen LogP contribution in [0.5, 0.6) is 11.5 Å². The van der Waals surface area contributed by atoms with Gasteiger partial charge in [0.2, 0.25) is 0 Å². The Kier molecular flexibility index (Phi) is 6.31. The zero-order valence-corrected chi connectivity index (χ0v) is 19.7. The van der Waals surface area contributed by atoms with Crippen LogP contribution in [0.3, 0.4) is 0 Å². The molecule has 4 aromatic rings. The molecular formula is C26H29N5O3. The summed E-state index contributed by atoms with van der Waals surface area (Å²) in [6, 6.07) is 13.8. The van der Waals surface area contributed by atoms with E-state index in [-0.39, 0.29) is 6.10 Å². The molecule has 0 atom stereocenters. The lowest BCUT2D eigenvalue weighted by Gasteiger charge is -2.29. The molecule has 1 aliphatic rings. The van der Waals surface area contributed by atoms with Crippen molar-refractivity contribution in [1.82, 2.24) is 20.0 Å². The summed E-state index contributed by atoms with van der Waals surface area (Å²) in [5.74, 6) is 3.10. The number of hydrogen-bond acceptors (Lipinski definition) is 8. The standard InChI is InChI=1S/C26H29N5O3/c1-17-13-19(7-8-23(17)32-15-20-14-18(2)34-30-20)29-26-25-22(27-16-28-26)5-4-6-24(25)33-21-9-11-31(3)12-10-21/h4-8,13-14,16,21H,9-12,15H2,1-3H3,(H,27,28,29). The minimum atomic E-state index is 0.196. The Labute approximate surface area is 198 Å². The fourth-order valence-corrected chi connectivity index (χ4v) is 4.22. The average Bonchev–Trinajstić information content (AvgIpc) is 3.25. The van der Waals surface area contributed by atoms with E-state index in [0.717, 1.165) is 76.9 Å². The molecule has 34 heavy (non-hydrogen) atoms. The molecule has 0 bridgehead atoms. The lowest BCUT2D eigenvalue weighted by molar-refractivity contribution is 0.116. The van der Waals surface area contributed by atoms with Gasteiger partial charge in [0.05, 0.1) is 10.9 Å². The molecule has 0 spiro atoms. The van der Waals surface area contributed by atoms with Crippen LogP contribution in [0.1, 0.15) is 29.9 Å². The Hall–Kier alpha value is -3.65. The van der Waals surface area contributed by atoms with E-state index in [0.29, 0.717) is 6.61 Å². The topological polar surface area (TPSA) is 85.5 Å². The molecule has 5 rings (SSSR count). The first kappa shape index (κ1) is 22.2. The molecule has 1 fully saturated rings. The lowest BCUT2D eigenvalue weighted by atomic mass is 10.1. The van der Waals surface area contributed by atoms with Crippen molar-refractivity contribution in [2.45, 2.75) is 39.4 Å². The third kappa shape index (κ3) is 4.97. The van der Waals surface area contributed by atoms with Gasteiger partial charge in [0.25, 0.3) is 0 Å². The molecule has 0 aliphatic carbocycles. The van der Waals surface area contributed by atoms with Crippen molar-refractivity contribution in [2.75, 3.05) is 25.5 Å². The maximum absolute atomic E-state index is 6.43. The SMILES string of the molecule is Cc1cc(COc2ccc(Nc3ncnc4cccc(OC5CCN(C)CC5)c34)cc2C)no1. The average molecular weight is 460 g/mol. The van der Waals surface area contributed by atoms with Crippen LogP contribution in [-0.4, -0.2) is 46.3 Å². The predicted octanol–water partition coefficient (Wildman–Crippen LogP) is 5.03. The monoisotopic (exact) mass is 459 g/mol. The van der Waals surface area contributed by atoms with Crippen LogP contribution in [0.2, 0.25) is 0 Å². The van der Waals surface area contributed by atoms with Gasteiger partial charge < -0.3 is 24.2 Å². The maximum atomic E-state index is 6.43. The number of hydrogen-bond donors (Lipinski definition) is 1. The summed E-state index contributed by atoms with van der Waals surface area (Å²) in [6.07, 6.45) is 3.80. The van der Waals surface area contributed by atoms with Crippen molar-refractivity contribution >= 4 is 22.4 Å². The zero-order chi connectivity index (χ0) is 23.5. The smallest absolute Gasteiger partial charge is 0.145 e. The van der Waals surface area contributed by atoms with Gasteiger partial charge in [-0.05, 0) is 69.6 Å². The van der Waals surface area contributed by atoms with E-state index < -0.39 is 0 Å². The minimum Gasteiger partial charge on any atom is -0.489 e. The quantitative estimate of drug-likeness (QED) is 0.412. The largest absolute Gasteiger partial charge is 0.489 e. The van der Waals surface area contributed by atoms with Crippen LogP contribution < -0.4 is 14.8 Å². The number of fused-ring (bicyclic) bond motifs is 1. The number of rotatable bonds is 7. The molecule has 0 radical (unpaired) electrons. The Bertz CT molecular complexity index is 1280. The summed E-state index contributed by atoms with van der Waals surface area (Å²) >= 11 is 0. The van der Waals surface area contributed by atoms with E-state index in [9.17, 15) is 0 Å². The molecule has 1 saturated heterocycles. The van der Waals surface area contributed by atoms with Gasteiger partial charge in [-0.15, -0.1) is 0 Å². The van der Waals surface area contributed by atoms with Crippen LogP contribution in [0.4, 0.5) is 11.5 Å². The molecular weight excluding hydrogens is 430 g/mol. The number of benzene rings is 2. The number of aromatic nitrogens is 3. The van der Waals surface area contributed by atoms with Gasteiger partial charge in [0, 0.05) is 24.8 Å². The normalized spacial score (nSPS) is 14.9. The van der Waals surface area contributed by atoms with Crippen LogP contribution >= 0.6 is 0 Å². The third-order valence-electron chi connectivity index (χ3n) is 6.07. The van der Waals surface area contributed by atoms with E-state index in [1.807, 2.05) is 56.3 Å². The predicted molar refractivity (Wildman–Crippen MR) is 131 cm³/mol. The van der Waals surface area contributed by atoms with Gasteiger partial charge in [-0.3, -0.25) is 0 Å². The number of anilines is 2. The highest BCUT2D eigenvalue weighted by molar-refractivity contribution is 5.95. The molecule has 0 saturated carbocycles. The number of likely N-dealkylation sites (tertiary alicyclic amines) is 1. The molecule has 8 heteroatoms. The highest BCUT2D eigenvalue weighted by Crippen LogP contribution is 2.34. The van der Waals surface area contributed by atoms with Crippen LogP contribution in [-0.2, 0) is 6.61 Å². The van der Waals surface area contributed by atoms with E-state index in [1.165, 1.54) is 0 Å². The summed E-state index contributed by atoms with van der Waals surface area (Å²) < 4.78 is 17.5. The highest BCUT2D eigenvalue weighted by Gasteiger charge is 2.20. The van der Waals surface area contributed by atoms with Crippen LogP contribution in [0.15, 0.2) is 53.3 Å². The van der Waals surface area contributed by atoms with Crippen molar-refractivity contribution in [1.29, 1.82) is 0 Å². The summed E-state index contributed by atoms with van der Waals surface area (Å²) in [7, 11) is 2.15. The summed E-state index contributed by atoms with van der Waals surface area (Å²) in [4.78, 5) is 11.3. The summed E-state index contributed by atoms with van der Waals surface area (Å²) in [5.41, 5.74) is 3.54. The van der Waals surface area contributed by atoms with Crippen molar-refractivity contribution < 1.29 is 14.0 Å². The van der Waals surface area contributed by atoms with Crippen molar-refractivity contribution in [3.63, 3.8) is 0 Å². The van der Waals surface area contributed by atoms with Crippen molar-refractivity contribution in [3.05, 3.63) is 65.8 Å². The summed E-state index contributed by atoms with van der Waals surface area (Å²) in [5, 5.41) is 8.32. The lowest BCUT2D eigenvalue weighted by Crippen LogP contribution is -2.35. The Morgan fingerprint density at radius 1 is 1.06 bits per heavy atom. The maximum Gasteiger partial charge on any atom is 0.145 e. The number of ether oxygens (including phenoxy) is 2. The van der Waals surface area contributed by atoms with Crippen LogP contribution in [0, 0.1) is 13.8 Å². The first-order valence-corrected chi connectivity index (χ1v) is 11.6. The highest BCUT2D eigenvalue weighted by atomic mass is 16.5. The molecule has 3 heterocycles. The van der Waals surface area contributed by atoms with E-state index in [4.69, 9.17) is 14.0 Å². The van der Waals surface area contributed by atoms with Gasteiger partial charge in [-0.25, -0.2) is 9.97 Å². The zero-order valence-electron chi connectivity index (χ0n) is 19.7. The van der Waals surface area contributed by atoms with Crippen molar-refractivity contribution in [3.8, 4) is 11.5 Å².